The van der Waals surface area contributed by atoms with Gasteiger partial charge in [-0.3, -0.25) is 9.52 Å². The van der Waals surface area contributed by atoms with Crippen LogP contribution in [0.2, 0.25) is 0 Å². The van der Waals surface area contributed by atoms with Crippen LogP contribution in [0.15, 0.2) is 50.2 Å². The molecule has 0 aromatic heterocycles. The fraction of sp³-hybridized carbons (Fsp3) is 0. The van der Waals surface area contributed by atoms with Crippen molar-refractivity contribution in [2.24, 2.45) is 5.73 Å². The van der Waals surface area contributed by atoms with Crippen LogP contribution in [0.4, 0.5) is 10.1 Å². The average molecular weight is 452 g/mol. The smallest absolute Gasteiger partial charge is 0.263 e. The molecule has 0 heterocycles. The van der Waals surface area contributed by atoms with Gasteiger partial charge in [-0.15, -0.1) is 0 Å². The zero-order valence-corrected chi connectivity index (χ0v) is 14.8. The molecule has 0 aliphatic heterocycles. The molecule has 0 saturated carbocycles. The number of rotatable bonds is 4. The van der Waals surface area contributed by atoms with E-state index < -0.39 is 21.7 Å². The summed E-state index contributed by atoms with van der Waals surface area (Å²) in [5, 5.41) is 0. The number of primary amides is 1. The molecule has 0 aliphatic rings. The number of nitrogens with two attached hydrogens (primary N) is 1. The van der Waals surface area contributed by atoms with Crippen molar-refractivity contribution < 1.29 is 17.6 Å². The summed E-state index contributed by atoms with van der Waals surface area (Å²) in [6.45, 7) is 0. The Morgan fingerprint density at radius 3 is 2.45 bits per heavy atom. The predicted molar refractivity (Wildman–Crippen MR) is 87.6 cm³/mol. The first-order chi connectivity index (χ1) is 10.2. The average Bonchev–Trinajstić information content (AvgIpc) is 2.43. The van der Waals surface area contributed by atoms with Gasteiger partial charge >= 0.3 is 0 Å². The fourth-order valence-corrected chi connectivity index (χ4v) is 4.20. The van der Waals surface area contributed by atoms with E-state index in [1.54, 1.807) is 6.07 Å². The normalized spacial score (nSPS) is 11.2. The Morgan fingerprint density at radius 1 is 1.14 bits per heavy atom. The Morgan fingerprint density at radius 2 is 1.82 bits per heavy atom. The van der Waals surface area contributed by atoms with Crippen LogP contribution in [0.3, 0.4) is 0 Å². The summed E-state index contributed by atoms with van der Waals surface area (Å²) in [6, 6.07) is 7.73. The summed E-state index contributed by atoms with van der Waals surface area (Å²) in [7, 11) is -4.05. The summed E-state index contributed by atoms with van der Waals surface area (Å²) in [6.07, 6.45) is 0. The van der Waals surface area contributed by atoms with Gasteiger partial charge in [-0.2, -0.15) is 0 Å². The van der Waals surface area contributed by atoms with Crippen molar-refractivity contribution in [3.8, 4) is 0 Å². The molecule has 0 fully saturated rings. The molecular formula is C13H9Br2FN2O3S. The molecule has 0 unspecified atom stereocenters. The molecule has 0 bridgehead atoms. The van der Waals surface area contributed by atoms with Gasteiger partial charge in [0.05, 0.1) is 5.69 Å². The van der Waals surface area contributed by atoms with Crippen LogP contribution in [-0.2, 0) is 10.0 Å². The number of sulfonamides is 1. The van der Waals surface area contributed by atoms with Crippen molar-refractivity contribution in [3.05, 3.63) is 56.7 Å². The molecule has 0 saturated heterocycles. The molecule has 2 aromatic carbocycles. The molecule has 116 valence electrons. The molecule has 5 nitrogen and oxygen atoms in total. The van der Waals surface area contributed by atoms with Gasteiger partial charge in [0.25, 0.3) is 10.0 Å². The monoisotopic (exact) mass is 450 g/mol. The van der Waals surface area contributed by atoms with Crippen molar-refractivity contribution >= 4 is 53.5 Å². The quantitative estimate of drug-likeness (QED) is 0.747. The summed E-state index contributed by atoms with van der Waals surface area (Å²) in [5.74, 6) is -1.61. The largest absolute Gasteiger partial charge is 0.366 e. The lowest BCUT2D eigenvalue weighted by Crippen LogP contribution is -2.16. The number of anilines is 1. The van der Waals surface area contributed by atoms with Crippen molar-refractivity contribution in [1.82, 2.24) is 0 Å². The first kappa shape index (κ1) is 16.9. The van der Waals surface area contributed by atoms with Gasteiger partial charge in [-0.05, 0) is 52.3 Å². The van der Waals surface area contributed by atoms with Gasteiger partial charge in [-0.1, -0.05) is 15.9 Å². The Bertz CT molecular complexity index is 856. The van der Waals surface area contributed by atoms with Crippen LogP contribution in [0, 0.1) is 5.82 Å². The first-order valence-electron chi connectivity index (χ1n) is 5.78. The number of carbonyl (C=O) groups is 1. The Labute approximate surface area is 143 Å². The van der Waals surface area contributed by atoms with Crippen molar-refractivity contribution in [1.29, 1.82) is 0 Å². The van der Waals surface area contributed by atoms with E-state index in [0.717, 1.165) is 12.1 Å². The zero-order chi connectivity index (χ0) is 16.5. The van der Waals surface area contributed by atoms with Gasteiger partial charge in [-0.25, -0.2) is 12.8 Å². The summed E-state index contributed by atoms with van der Waals surface area (Å²) in [4.78, 5) is 11.0. The molecule has 0 atom stereocenters. The summed E-state index contributed by atoms with van der Waals surface area (Å²) < 4.78 is 41.4. The molecule has 0 radical (unpaired) electrons. The zero-order valence-electron chi connectivity index (χ0n) is 10.8. The minimum absolute atomic E-state index is 0.00703. The van der Waals surface area contributed by atoms with Crippen LogP contribution >= 0.6 is 31.9 Å². The molecule has 2 rings (SSSR count). The number of carbonyl (C=O) groups excluding carboxylic acids is 1. The van der Waals surface area contributed by atoms with Gasteiger partial charge in [0.1, 0.15) is 10.7 Å². The van der Waals surface area contributed by atoms with Crippen molar-refractivity contribution in [3.63, 3.8) is 0 Å². The second-order valence-electron chi connectivity index (χ2n) is 4.24. The molecule has 9 heteroatoms. The van der Waals surface area contributed by atoms with Crippen molar-refractivity contribution in [2.75, 3.05) is 4.72 Å². The first-order valence-corrected chi connectivity index (χ1v) is 8.85. The molecule has 0 spiro atoms. The van der Waals surface area contributed by atoms with Crippen LogP contribution in [0.1, 0.15) is 10.4 Å². The molecule has 22 heavy (non-hydrogen) atoms. The van der Waals surface area contributed by atoms with Gasteiger partial charge in [0.15, 0.2) is 0 Å². The van der Waals surface area contributed by atoms with Crippen LogP contribution < -0.4 is 10.5 Å². The summed E-state index contributed by atoms with van der Waals surface area (Å²) >= 11 is 6.30. The molecule has 1 amide bonds. The molecule has 3 N–H and O–H groups in total. The molecule has 0 aliphatic carbocycles. The topological polar surface area (TPSA) is 89.3 Å². The van der Waals surface area contributed by atoms with E-state index in [0.29, 0.717) is 8.95 Å². The SMILES string of the molecule is NC(=O)c1ccc(F)c(NS(=O)(=O)c2cc(Br)ccc2Br)c1. The van der Waals surface area contributed by atoms with E-state index >= 15 is 0 Å². The number of amides is 1. The van der Waals surface area contributed by atoms with E-state index in [1.807, 2.05) is 0 Å². The predicted octanol–water partition coefficient (Wildman–Crippen LogP) is 3.25. The minimum atomic E-state index is -4.05. The Kier molecular flexibility index (Phi) is 4.88. The van der Waals surface area contributed by atoms with Gasteiger partial charge < -0.3 is 5.73 Å². The van der Waals surface area contributed by atoms with E-state index in [9.17, 15) is 17.6 Å². The number of nitrogens with one attached hydrogen (secondary N) is 1. The minimum Gasteiger partial charge on any atom is -0.366 e. The standard InChI is InChI=1S/C13H9Br2FN2O3S/c14-8-2-3-9(15)12(6-8)22(20,21)18-11-5-7(13(17)19)1-4-10(11)16/h1-6,18H,(H2,17,19). The second kappa shape index (κ2) is 6.35. The van der Waals surface area contributed by atoms with E-state index in [2.05, 4.69) is 36.6 Å². The highest BCUT2D eigenvalue weighted by Crippen LogP contribution is 2.28. The maximum absolute atomic E-state index is 13.8. The van der Waals surface area contributed by atoms with Gasteiger partial charge in [0, 0.05) is 14.5 Å². The third-order valence-electron chi connectivity index (χ3n) is 2.68. The van der Waals surface area contributed by atoms with Crippen LogP contribution in [-0.4, -0.2) is 14.3 Å². The second-order valence-corrected chi connectivity index (χ2v) is 7.66. The Hall–Kier alpha value is -1.45. The third-order valence-corrected chi connectivity index (χ3v) is 5.53. The maximum atomic E-state index is 13.8. The number of hydrogen-bond donors (Lipinski definition) is 2. The van der Waals surface area contributed by atoms with E-state index in [4.69, 9.17) is 5.73 Å². The van der Waals surface area contributed by atoms with Gasteiger partial charge in [0.2, 0.25) is 5.91 Å². The molecular weight excluding hydrogens is 443 g/mol. The maximum Gasteiger partial charge on any atom is 0.263 e. The highest BCUT2D eigenvalue weighted by atomic mass is 79.9. The van der Waals surface area contributed by atoms with E-state index in [1.165, 1.54) is 18.2 Å². The lowest BCUT2D eigenvalue weighted by atomic mass is 10.2. The fourth-order valence-electron chi connectivity index (χ4n) is 1.64. The summed E-state index contributed by atoms with van der Waals surface area (Å²) in [5.41, 5.74) is 4.73. The molecule has 2 aromatic rings. The number of halogens is 3. The van der Waals surface area contributed by atoms with Crippen molar-refractivity contribution in [2.45, 2.75) is 4.90 Å². The lowest BCUT2D eigenvalue weighted by Gasteiger charge is -2.11. The Balaban J connectivity index is 2.47. The number of hydrogen-bond acceptors (Lipinski definition) is 3. The number of benzene rings is 2. The van der Waals surface area contributed by atoms with Crippen LogP contribution in [0.5, 0.6) is 0 Å². The highest BCUT2D eigenvalue weighted by Gasteiger charge is 2.20. The van der Waals surface area contributed by atoms with Crippen LogP contribution in [0.25, 0.3) is 0 Å². The highest BCUT2D eigenvalue weighted by molar-refractivity contribution is 9.11. The third kappa shape index (κ3) is 3.65. The van der Waals surface area contributed by atoms with E-state index in [-0.39, 0.29) is 16.1 Å². The lowest BCUT2D eigenvalue weighted by molar-refractivity contribution is 0.100.